The highest BCUT2D eigenvalue weighted by Crippen LogP contribution is 2.56. The molecule has 38 heavy (non-hydrogen) atoms. The van der Waals surface area contributed by atoms with Gasteiger partial charge < -0.3 is 19.7 Å². The Morgan fingerprint density at radius 3 is 2.55 bits per heavy atom. The summed E-state index contributed by atoms with van der Waals surface area (Å²) in [6, 6.07) is 0. The van der Waals surface area contributed by atoms with Gasteiger partial charge in [-0.25, -0.2) is 4.79 Å². The molecule has 7 rings (SSSR count). The number of hydrogen-bond donors (Lipinski definition) is 2. The van der Waals surface area contributed by atoms with Crippen molar-refractivity contribution in [3.05, 3.63) is 47.1 Å². The maximum absolute atomic E-state index is 12.8. The normalized spacial score (nSPS) is 45.9. The van der Waals surface area contributed by atoms with E-state index in [9.17, 15) is 15.0 Å². The first-order valence-electron chi connectivity index (χ1n) is 15.2. The molecule has 0 radical (unpaired) electrons. The molecule has 7 aliphatic rings. The van der Waals surface area contributed by atoms with E-state index in [4.69, 9.17) is 9.47 Å². The maximum Gasteiger partial charge on any atom is 0.332 e. The van der Waals surface area contributed by atoms with Crippen LogP contribution in [0.25, 0.3) is 0 Å². The summed E-state index contributed by atoms with van der Waals surface area (Å²) in [7, 11) is 0. The molecule has 208 valence electrons. The van der Waals surface area contributed by atoms with Gasteiger partial charge in [0.1, 0.15) is 12.7 Å². The van der Waals surface area contributed by atoms with Crippen LogP contribution in [-0.2, 0) is 14.3 Å². The Morgan fingerprint density at radius 2 is 1.87 bits per heavy atom. The number of ether oxygens (including phenoxy) is 2. The predicted molar refractivity (Wildman–Crippen MR) is 147 cm³/mol. The SMILES string of the molecule is C=C1C(=CC=C2CCC[C@]3(C)C(CC)=CC[C@@H]23)C[C@](O)(OCC(=O)OC2C3CC4CC(C3)CC2C4)CC1O. The van der Waals surface area contributed by atoms with Gasteiger partial charge in [0.15, 0.2) is 5.79 Å². The van der Waals surface area contributed by atoms with E-state index < -0.39 is 17.9 Å². The largest absolute Gasteiger partial charge is 0.460 e. The molecule has 0 amide bonds. The molecule has 5 heteroatoms. The molecule has 4 atom stereocenters. The van der Waals surface area contributed by atoms with Crippen LogP contribution in [0, 0.1) is 35.0 Å². The first-order valence-corrected chi connectivity index (χ1v) is 15.2. The molecule has 0 aromatic heterocycles. The van der Waals surface area contributed by atoms with E-state index in [2.05, 4.69) is 32.6 Å². The summed E-state index contributed by atoms with van der Waals surface area (Å²) >= 11 is 0. The number of allylic oxidation sites excluding steroid dienone is 5. The number of fused-ring (bicyclic) bond motifs is 1. The fourth-order valence-corrected chi connectivity index (χ4v) is 9.51. The molecule has 0 saturated heterocycles. The second kappa shape index (κ2) is 10.1. The average molecular weight is 523 g/mol. The second-order valence-corrected chi connectivity index (χ2v) is 13.6. The average Bonchev–Trinajstić information content (AvgIpc) is 3.22. The van der Waals surface area contributed by atoms with E-state index in [1.165, 1.54) is 50.5 Å². The lowest BCUT2D eigenvalue weighted by Crippen LogP contribution is -2.50. The van der Waals surface area contributed by atoms with Crippen LogP contribution in [-0.4, -0.2) is 40.8 Å². The van der Waals surface area contributed by atoms with Gasteiger partial charge in [0, 0.05) is 12.8 Å². The molecule has 0 aromatic carbocycles. The van der Waals surface area contributed by atoms with E-state index >= 15 is 0 Å². The van der Waals surface area contributed by atoms with Crippen molar-refractivity contribution in [3.63, 3.8) is 0 Å². The van der Waals surface area contributed by atoms with Gasteiger partial charge in [-0.3, -0.25) is 0 Å². The molecule has 2 N–H and O–H groups in total. The van der Waals surface area contributed by atoms with Crippen LogP contribution in [0.2, 0.25) is 0 Å². The Balaban J connectivity index is 1.09. The van der Waals surface area contributed by atoms with Crippen molar-refractivity contribution in [1.82, 2.24) is 0 Å². The molecule has 0 heterocycles. The molecule has 4 bridgehead atoms. The zero-order valence-corrected chi connectivity index (χ0v) is 23.3. The van der Waals surface area contributed by atoms with Crippen molar-refractivity contribution in [2.75, 3.05) is 6.61 Å². The molecule has 6 fully saturated rings. The van der Waals surface area contributed by atoms with Crippen LogP contribution < -0.4 is 0 Å². The molecule has 0 spiro atoms. The standard InChI is InChI=1S/C33H46O5/c1-4-27-9-10-28-23(6-5-11-32(27,28)3)7-8-24-17-33(36,18-29(34)20(24)2)37-19-30(35)38-31-25-13-21-12-22(15-25)16-26(31)14-21/h7-9,21-22,25-26,28-29,31,34,36H,2,4-6,10-19H2,1,3H3/t21?,22?,25?,26?,28-,29?,31?,32+,33-/m0/s1. The Kier molecular flexibility index (Phi) is 7.02. The quantitative estimate of drug-likeness (QED) is 0.248. The summed E-state index contributed by atoms with van der Waals surface area (Å²) < 4.78 is 11.7. The van der Waals surface area contributed by atoms with Gasteiger partial charge in [-0.2, -0.15) is 0 Å². The number of aliphatic hydroxyl groups excluding tert-OH is 1. The fourth-order valence-electron chi connectivity index (χ4n) is 9.51. The zero-order valence-electron chi connectivity index (χ0n) is 23.3. The van der Waals surface area contributed by atoms with Gasteiger partial charge in [-0.15, -0.1) is 0 Å². The highest BCUT2D eigenvalue weighted by atomic mass is 16.6. The highest BCUT2D eigenvalue weighted by molar-refractivity contribution is 5.71. The van der Waals surface area contributed by atoms with Gasteiger partial charge in [-0.05, 0) is 110 Å². The molecule has 1 unspecified atom stereocenters. The molecular formula is C33H46O5. The smallest absolute Gasteiger partial charge is 0.332 e. The molecule has 7 aliphatic carbocycles. The van der Waals surface area contributed by atoms with Crippen LogP contribution in [0.15, 0.2) is 47.1 Å². The van der Waals surface area contributed by atoms with Crippen molar-refractivity contribution in [1.29, 1.82) is 0 Å². The van der Waals surface area contributed by atoms with Crippen molar-refractivity contribution < 1.29 is 24.5 Å². The van der Waals surface area contributed by atoms with E-state index in [1.807, 2.05) is 6.08 Å². The Morgan fingerprint density at radius 1 is 1.16 bits per heavy atom. The molecule has 0 aromatic rings. The predicted octanol–water partition coefficient (Wildman–Crippen LogP) is 6.17. The lowest BCUT2D eigenvalue weighted by atomic mass is 9.55. The summed E-state index contributed by atoms with van der Waals surface area (Å²) in [6.07, 6.45) is 17.8. The van der Waals surface area contributed by atoms with Gasteiger partial charge in [0.05, 0.1) is 6.10 Å². The van der Waals surface area contributed by atoms with Gasteiger partial charge >= 0.3 is 5.97 Å². The summed E-state index contributed by atoms with van der Waals surface area (Å²) in [6.45, 7) is 8.49. The Bertz CT molecular complexity index is 1040. The summed E-state index contributed by atoms with van der Waals surface area (Å²) in [5.41, 5.74) is 4.71. The number of carbonyl (C=O) groups excluding carboxylic acids is 1. The van der Waals surface area contributed by atoms with Crippen LogP contribution in [0.1, 0.15) is 90.9 Å². The number of hydrogen-bond acceptors (Lipinski definition) is 5. The summed E-state index contributed by atoms with van der Waals surface area (Å²) in [5.74, 6) is 1.14. The monoisotopic (exact) mass is 522 g/mol. The minimum Gasteiger partial charge on any atom is -0.460 e. The molecular weight excluding hydrogens is 476 g/mol. The van der Waals surface area contributed by atoms with Crippen molar-refractivity contribution >= 4 is 5.97 Å². The third-order valence-corrected chi connectivity index (χ3v) is 11.3. The van der Waals surface area contributed by atoms with Crippen LogP contribution in [0.5, 0.6) is 0 Å². The minimum atomic E-state index is -1.61. The summed E-state index contributed by atoms with van der Waals surface area (Å²) in [4.78, 5) is 12.8. The summed E-state index contributed by atoms with van der Waals surface area (Å²) in [5, 5.41) is 22.0. The van der Waals surface area contributed by atoms with Crippen molar-refractivity contribution in [2.45, 2.75) is 109 Å². The Hall–Kier alpha value is -1.69. The van der Waals surface area contributed by atoms with Gasteiger partial charge in [-0.1, -0.05) is 49.8 Å². The first kappa shape index (κ1) is 26.5. The van der Waals surface area contributed by atoms with Gasteiger partial charge in [0.25, 0.3) is 0 Å². The van der Waals surface area contributed by atoms with E-state index in [0.717, 1.165) is 36.7 Å². The number of carbonyl (C=O) groups is 1. The fraction of sp³-hybridized carbons (Fsp3) is 0.727. The van der Waals surface area contributed by atoms with E-state index in [1.54, 1.807) is 5.57 Å². The molecule has 6 saturated carbocycles. The maximum atomic E-state index is 12.8. The number of rotatable bonds is 6. The lowest BCUT2D eigenvalue weighted by Gasteiger charge is -2.53. The third kappa shape index (κ3) is 4.77. The highest BCUT2D eigenvalue weighted by Gasteiger charge is 2.50. The molecule has 5 nitrogen and oxygen atoms in total. The first-order chi connectivity index (χ1) is 18.2. The lowest BCUT2D eigenvalue weighted by molar-refractivity contribution is -0.230. The topological polar surface area (TPSA) is 76.0 Å². The van der Waals surface area contributed by atoms with E-state index in [-0.39, 0.29) is 31.0 Å². The third-order valence-electron chi connectivity index (χ3n) is 11.3. The molecule has 0 aliphatic heterocycles. The van der Waals surface area contributed by atoms with Crippen molar-refractivity contribution in [3.8, 4) is 0 Å². The zero-order chi connectivity index (χ0) is 26.7. The van der Waals surface area contributed by atoms with Crippen LogP contribution in [0.4, 0.5) is 0 Å². The number of esters is 1. The minimum absolute atomic E-state index is 0.00632. The number of aliphatic hydroxyl groups is 2. The van der Waals surface area contributed by atoms with Crippen LogP contribution in [0.3, 0.4) is 0 Å². The van der Waals surface area contributed by atoms with Crippen LogP contribution >= 0.6 is 0 Å². The van der Waals surface area contributed by atoms with E-state index in [0.29, 0.717) is 23.3 Å². The van der Waals surface area contributed by atoms with Crippen molar-refractivity contribution in [2.24, 2.45) is 35.0 Å². The second-order valence-electron chi connectivity index (χ2n) is 13.6. The Labute approximate surface area is 228 Å². The van der Waals surface area contributed by atoms with Gasteiger partial charge in [0.2, 0.25) is 0 Å².